The highest BCUT2D eigenvalue weighted by Gasteiger charge is 2.36. The minimum absolute atomic E-state index is 0.267. The lowest BCUT2D eigenvalue weighted by Gasteiger charge is -2.12. The van der Waals surface area contributed by atoms with Gasteiger partial charge in [0, 0.05) is 18.0 Å². The number of ether oxygens (including phenoxy) is 1. The van der Waals surface area contributed by atoms with E-state index in [4.69, 9.17) is 4.74 Å². The van der Waals surface area contributed by atoms with Crippen molar-refractivity contribution in [3.8, 4) is 0 Å². The fourth-order valence-electron chi connectivity index (χ4n) is 2.50. The Morgan fingerprint density at radius 1 is 1.14 bits per heavy atom. The topological polar surface area (TPSA) is 75.7 Å². The van der Waals surface area contributed by atoms with Gasteiger partial charge in [-0.3, -0.25) is 19.3 Å². The molecule has 3 amide bonds. The minimum Gasteiger partial charge on any atom is -0.377 e. The van der Waals surface area contributed by atoms with E-state index < -0.39 is 11.1 Å². The monoisotopic (exact) mass is 416 g/mol. The van der Waals surface area contributed by atoms with Crippen molar-refractivity contribution in [1.82, 2.24) is 10.2 Å². The molecule has 1 aliphatic heterocycles. The zero-order valence-corrected chi connectivity index (χ0v) is 16.8. The number of thioether (sulfide) groups is 1. The molecular formula is C20H20N2O4S2. The molecule has 146 valence electrons. The van der Waals surface area contributed by atoms with Crippen molar-refractivity contribution in [2.75, 3.05) is 19.7 Å². The molecule has 1 N–H and O–H groups in total. The summed E-state index contributed by atoms with van der Waals surface area (Å²) in [6.45, 7) is 1.20. The van der Waals surface area contributed by atoms with E-state index >= 15 is 0 Å². The maximum absolute atomic E-state index is 12.3. The summed E-state index contributed by atoms with van der Waals surface area (Å²) in [6.07, 6.45) is 2.33. The Bertz CT molecular complexity index is 850. The van der Waals surface area contributed by atoms with Gasteiger partial charge in [-0.15, -0.1) is 11.3 Å². The first-order valence-corrected chi connectivity index (χ1v) is 10.5. The van der Waals surface area contributed by atoms with Crippen LogP contribution < -0.4 is 5.32 Å². The zero-order chi connectivity index (χ0) is 19.8. The van der Waals surface area contributed by atoms with Gasteiger partial charge in [-0.25, -0.2) is 0 Å². The molecule has 0 unspecified atom stereocenters. The first-order chi connectivity index (χ1) is 13.6. The van der Waals surface area contributed by atoms with Gasteiger partial charge < -0.3 is 10.1 Å². The van der Waals surface area contributed by atoms with Crippen molar-refractivity contribution in [3.05, 3.63) is 63.2 Å². The van der Waals surface area contributed by atoms with Crippen LogP contribution in [0.5, 0.6) is 0 Å². The van der Waals surface area contributed by atoms with Crippen molar-refractivity contribution in [2.45, 2.75) is 13.0 Å². The third-order valence-corrected chi connectivity index (χ3v) is 5.62. The first kappa shape index (κ1) is 20.3. The number of benzene rings is 1. The van der Waals surface area contributed by atoms with Crippen LogP contribution in [0.15, 0.2) is 52.7 Å². The van der Waals surface area contributed by atoms with Crippen LogP contribution in [0.4, 0.5) is 4.79 Å². The molecule has 1 aromatic heterocycles. The van der Waals surface area contributed by atoms with E-state index in [2.05, 4.69) is 5.32 Å². The Labute approximate surface area is 171 Å². The van der Waals surface area contributed by atoms with Gasteiger partial charge >= 0.3 is 0 Å². The van der Waals surface area contributed by atoms with Crippen molar-refractivity contribution in [2.24, 2.45) is 0 Å². The number of imide groups is 1. The number of rotatable bonds is 9. The molecule has 1 fully saturated rings. The summed E-state index contributed by atoms with van der Waals surface area (Å²) in [7, 11) is 0. The molecule has 0 aliphatic carbocycles. The van der Waals surface area contributed by atoms with Crippen molar-refractivity contribution in [1.29, 1.82) is 0 Å². The number of hydrogen-bond donors (Lipinski definition) is 1. The summed E-state index contributed by atoms with van der Waals surface area (Å²) >= 11 is 2.34. The van der Waals surface area contributed by atoms with Gasteiger partial charge in [0.2, 0.25) is 5.91 Å². The Morgan fingerprint density at radius 3 is 2.71 bits per heavy atom. The van der Waals surface area contributed by atoms with Crippen molar-refractivity contribution >= 4 is 46.2 Å². The lowest BCUT2D eigenvalue weighted by Crippen LogP contribution is -2.39. The number of thiophene rings is 1. The first-order valence-electron chi connectivity index (χ1n) is 8.81. The van der Waals surface area contributed by atoms with E-state index in [9.17, 15) is 14.4 Å². The molecule has 0 saturated carbocycles. The molecule has 0 spiro atoms. The highest BCUT2D eigenvalue weighted by Crippen LogP contribution is 2.32. The highest BCUT2D eigenvalue weighted by atomic mass is 32.2. The second-order valence-corrected chi connectivity index (χ2v) is 8.00. The molecule has 2 aromatic rings. The number of nitrogens with zero attached hydrogens (tertiary/aromatic N) is 1. The molecule has 8 heteroatoms. The van der Waals surface area contributed by atoms with Crippen LogP contribution >= 0.6 is 23.1 Å². The van der Waals surface area contributed by atoms with Gasteiger partial charge in [-0.2, -0.15) is 0 Å². The number of carbonyl (C=O) groups excluding carboxylic acids is 3. The fourth-order valence-corrected chi connectivity index (χ4v) is 4.07. The van der Waals surface area contributed by atoms with Crippen molar-refractivity contribution < 1.29 is 19.1 Å². The Morgan fingerprint density at radius 2 is 1.96 bits per heavy atom. The molecule has 2 heterocycles. The van der Waals surface area contributed by atoms with Gasteiger partial charge in [-0.05, 0) is 41.3 Å². The molecule has 0 radical (unpaired) electrons. The van der Waals surface area contributed by atoms with Crippen LogP contribution in [0.1, 0.15) is 16.9 Å². The van der Waals surface area contributed by atoms with Crippen LogP contribution in [0, 0.1) is 0 Å². The number of hydrogen-bond acceptors (Lipinski definition) is 6. The molecule has 3 rings (SSSR count). The average molecular weight is 417 g/mol. The van der Waals surface area contributed by atoms with E-state index in [0.717, 1.165) is 27.1 Å². The van der Waals surface area contributed by atoms with Crippen LogP contribution in [-0.4, -0.2) is 41.6 Å². The van der Waals surface area contributed by atoms with Gasteiger partial charge in [0.25, 0.3) is 11.1 Å². The van der Waals surface area contributed by atoms with Crippen LogP contribution in [0.2, 0.25) is 0 Å². The second kappa shape index (κ2) is 10.2. The smallest absolute Gasteiger partial charge is 0.294 e. The molecule has 1 saturated heterocycles. The SMILES string of the molecule is O=C(CN1C(=O)SC(=Cc2cccs2)C1=O)NCCCOCc1ccccc1. The Kier molecular flexibility index (Phi) is 7.41. The fraction of sp³-hybridized carbons (Fsp3) is 0.250. The van der Waals surface area contributed by atoms with Crippen LogP contribution in [0.3, 0.4) is 0 Å². The van der Waals surface area contributed by atoms with Crippen LogP contribution in [0.25, 0.3) is 6.08 Å². The maximum Gasteiger partial charge on any atom is 0.294 e. The number of nitrogens with one attached hydrogen (secondary N) is 1. The quantitative estimate of drug-likeness (QED) is 0.500. The summed E-state index contributed by atoms with van der Waals surface area (Å²) in [5.41, 5.74) is 1.10. The van der Waals surface area contributed by atoms with E-state index in [0.29, 0.717) is 31.1 Å². The standard InChI is InChI=1S/C20H20N2O4S2/c23-18(21-9-5-10-26-14-15-6-2-1-3-7-15)13-22-19(24)17(28-20(22)25)12-16-8-4-11-27-16/h1-4,6-8,11-12H,5,9-10,13-14H2,(H,21,23). The lowest BCUT2D eigenvalue weighted by molar-refractivity contribution is -0.129. The summed E-state index contributed by atoms with van der Waals surface area (Å²) in [4.78, 5) is 38.6. The lowest BCUT2D eigenvalue weighted by atomic mass is 10.2. The molecule has 0 atom stereocenters. The Balaban J connectivity index is 1.36. The predicted molar refractivity (Wildman–Crippen MR) is 111 cm³/mol. The highest BCUT2D eigenvalue weighted by molar-refractivity contribution is 8.18. The van der Waals surface area contributed by atoms with Gasteiger partial charge in [0.15, 0.2) is 0 Å². The van der Waals surface area contributed by atoms with E-state index in [1.54, 1.807) is 6.08 Å². The van der Waals surface area contributed by atoms with E-state index in [1.807, 2.05) is 47.8 Å². The largest absolute Gasteiger partial charge is 0.377 e. The third-order valence-electron chi connectivity index (χ3n) is 3.89. The second-order valence-electron chi connectivity index (χ2n) is 6.02. The summed E-state index contributed by atoms with van der Waals surface area (Å²) < 4.78 is 5.55. The molecule has 1 aliphatic rings. The Hall–Kier alpha value is -2.42. The third kappa shape index (κ3) is 5.79. The van der Waals surface area contributed by atoms with Crippen LogP contribution in [-0.2, 0) is 20.9 Å². The zero-order valence-electron chi connectivity index (χ0n) is 15.1. The summed E-state index contributed by atoms with van der Waals surface area (Å²) in [6, 6.07) is 13.6. The normalized spacial score (nSPS) is 15.4. The predicted octanol–water partition coefficient (Wildman–Crippen LogP) is 3.51. The van der Waals surface area contributed by atoms with Gasteiger partial charge in [-0.1, -0.05) is 36.4 Å². The van der Waals surface area contributed by atoms with E-state index in [-0.39, 0.29) is 12.5 Å². The average Bonchev–Trinajstić information content (AvgIpc) is 3.29. The molecule has 28 heavy (non-hydrogen) atoms. The summed E-state index contributed by atoms with van der Waals surface area (Å²) in [5.74, 6) is -0.785. The summed E-state index contributed by atoms with van der Waals surface area (Å²) in [5, 5.41) is 4.19. The van der Waals surface area contributed by atoms with Gasteiger partial charge in [0.05, 0.1) is 11.5 Å². The minimum atomic E-state index is -0.426. The molecule has 6 nitrogen and oxygen atoms in total. The molecular weight excluding hydrogens is 396 g/mol. The maximum atomic E-state index is 12.3. The number of amides is 3. The van der Waals surface area contributed by atoms with Crippen molar-refractivity contribution in [3.63, 3.8) is 0 Å². The molecule has 0 bridgehead atoms. The van der Waals surface area contributed by atoms with Gasteiger partial charge in [0.1, 0.15) is 6.54 Å². The van der Waals surface area contributed by atoms with E-state index in [1.165, 1.54) is 11.3 Å². The number of carbonyl (C=O) groups is 3. The molecule has 1 aromatic carbocycles.